The zero-order valence-electron chi connectivity index (χ0n) is 18.0. The summed E-state index contributed by atoms with van der Waals surface area (Å²) in [5.41, 5.74) is 2.17. The van der Waals surface area contributed by atoms with Gasteiger partial charge in [-0.25, -0.2) is 4.98 Å². The second kappa shape index (κ2) is 8.52. The van der Waals surface area contributed by atoms with Crippen LogP contribution in [-0.4, -0.2) is 76.3 Å². The van der Waals surface area contributed by atoms with Crippen molar-refractivity contribution in [2.45, 2.75) is 31.8 Å². The van der Waals surface area contributed by atoms with Gasteiger partial charge in [-0.1, -0.05) is 11.3 Å². The molecule has 5 rings (SSSR count). The monoisotopic (exact) mass is 450 g/mol. The minimum atomic E-state index is -0.909. The van der Waals surface area contributed by atoms with Crippen molar-refractivity contribution in [2.24, 2.45) is 0 Å². The quantitative estimate of drug-likeness (QED) is 0.373. The molecule has 0 spiro atoms. The van der Waals surface area contributed by atoms with Crippen molar-refractivity contribution in [3.8, 4) is 17.3 Å². The first kappa shape index (κ1) is 20.9. The molecular weight excluding hydrogens is 428 g/mol. The molecule has 0 saturated carbocycles. The SMILES string of the molecule is CCNc1nc(-n2cc(-c3ccccn3)nn2)nc2c1ncn2C1O[C@H](C(=O)NC)C[C@H]1O. The molecule has 13 nitrogen and oxygen atoms in total. The summed E-state index contributed by atoms with van der Waals surface area (Å²) in [5.74, 6) is 0.459. The van der Waals surface area contributed by atoms with E-state index in [1.54, 1.807) is 17.0 Å². The van der Waals surface area contributed by atoms with Gasteiger partial charge < -0.3 is 20.5 Å². The average molecular weight is 450 g/mol. The number of ether oxygens (including phenoxy) is 1. The van der Waals surface area contributed by atoms with E-state index >= 15 is 0 Å². The van der Waals surface area contributed by atoms with Gasteiger partial charge in [-0.05, 0) is 19.1 Å². The number of carbonyl (C=O) groups is 1. The Kier molecular flexibility index (Phi) is 5.40. The van der Waals surface area contributed by atoms with Crippen LogP contribution in [0.3, 0.4) is 0 Å². The van der Waals surface area contributed by atoms with E-state index in [0.29, 0.717) is 34.9 Å². The highest BCUT2D eigenvalue weighted by Gasteiger charge is 2.39. The van der Waals surface area contributed by atoms with E-state index in [4.69, 9.17) is 4.74 Å². The van der Waals surface area contributed by atoms with Crippen LogP contribution >= 0.6 is 0 Å². The first-order valence-corrected chi connectivity index (χ1v) is 10.5. The predicted octanol–water partition coefficient (Wildman–Crippen LogP) is 0.295. The predicted molar refractivity (Wildman–Crippen MR) is 116 cm³/mol. The number of carbonyl (C=O) groups excluding carboxylic acids is 1. The summed E-state index contributed by atoms with van der Waals surface area (Å²) in [6.45, 7) is 2.55. The number of hydrogen-bond acceptors (Lipinski definition) is 10. The molecule has 1 aliphatic rings. The molecule has 0 aliphatic carbocycles. The molecular formula is C20H22N10O3. The van der Waals surface area contributed by atoms with Crippen LogP contribution in [0.2, 0.25) is 0 Å². The highest BCUT2D eigenvalue weighted by Crippen LogP contribution is 2.32. The fraction of sp³-hybridized carbons (Fsp3) is 0.350. The van der Waals surface area contributed by atoms with Crippen molar-refractivity contribution < 1.29 is 14.6 Å². The van der Waals surface area contributed by atoms with Crippen LogP contribution in [0.25, 0.3) is 28.5 Å². The number of aromatic nitrogens is 8. The van der Waals surface area contributed by atoms with E-state index < -0.39 is 18.4 Å². The van der Waals surface area contributed by atoms with Crippen LogP contribution in [0, 0.1) is 0 Å². The minimum Gasteiger partial charge on any atom is -0.388 e. The number of nitrogens with zero attached hydrogens (tertiary/aromatic N) is 8. The zero-order valence-corrected chi connectivity index (χ0v) is 18.0. The molecule has 3 N–H and O–H groups in total. The van der Waals surface area contributed by atoms with Crippen molar-refractivity contribution >= 4 is 22.9 Å². The molecule has 1 saturated heterocycles. The molecule has 0 aromatic carbocycles. The highest BCUT2D eigenvalue weighted by atomic mass is 16.5. The van der Waals surface area contributed by atoms with Crippen molar-refractivity contribution in [3.05, 3.63) is 36.9 Å². The van der Waals surface area contributed by atoms with Gasteiger partial charge in [-0.3, -0.25) is 14.3 Å². The van der Waals surface area contributed by atoms with Crippen LogP contribution in [0.5, 0.6) is 0 Å². The number of imidazole rings is 1. The Labute approximate surface area is 187 Å². The fourth-order valence-corrected chi connectivity index (χ4v) is 3.71. The van der Waals surface area contributed by atoms with Gasteiger partial charge in [-0.15, -0.1) is 5.10 Å². The Bertz CT molecular complexity index is 1290. The minimum absolute atomic E-state index is 0.165. The summed E-state index contributed by atoms with van der Waals surface area (Å²) >= 11 is 0. The van der Waals surface area contributed by atoms with Crippen LogP contribution in [-0.2, 0) is 9.53 Å². The lowest BCUT2D eigenvalue weighted by Crippen LogP contribution is -2.31. The third kappa shape index (κ3) is 3.76. The van der Waals surface area contributed by atoms with Crippen LogP contribution in [0.1, 0.15) is 19.6 Å². The van der Waals surface area contributed by atoms with Gasteiger partial charge >= 0.3 is 0 Å². The largest absolute Gasteiger partial charge is 0.388 e. The second-order valence-corrected chi connectivity index (χ2v) is 7.42. The van der Waals surface area contributed by atoms with Crippen molar-refractivity contribution in [1.29, 1.82) is 0 Å². The Morgan fingerprint density at radius 1 is 1.27 bits per heavy atom. The van der Waals surface area contributed by atoms with Crippen LogP contribution in [0.4, 0.5) is 5.82 Å². The van der Waals surface area contributed by atoms with Gasteiger partial charge in [0.2, 0.25) is 5.91 Å². The summed E-state index contributed by atoms with van der Waals surface area (Å²) in [6.07, 6.45) is 2.55. The normalized spacial score (nSPS) is 20.3. The lowest BCUT2D eigenvalue weighted by molar-refractivity contribution is -0.134. The summed E-state index contributed by atoms with van der Waals surface area (Å²) in [6, 6.07) is 5.52. The number of amides is 1. The number of pyridine rings is 1. The number of likely N-dealkylation sites (N-methyl/N-ethyl adjacent to an activating group) is 1. The number of fused-ring (bicyclic) bond motifs is 1. The molecule has 1 unspecified atom stereocenters. The molecule has 0 bridgehead atoms. The van der Waals surface area contributed by atoms with Crippen molar-refractivity contribution in [3.63, 3.8) is 0 Å². The lowest BCUT2D eigenvalue weighted by atomic mass is 10.2. The first-order chi connectivity index (χ1) is 16.1. The van der Waals surface area contributed by atoms with E-state index in [-0.39, 0.29) is 18.3 Å². The lowest BCUT2D eigenvalue weighted by Gasteiger charge is -2.17. The fourth-order valence-electron chi connectivity index (χ4n) is 3.71. The van der Waals surface area contributed by atoms with Crippen molar-refractivity contribution in [2.75, 3.05) is 18.9 Å². The first-order valence-electron chi connectivity index (χ1n) is 10.5. The third-order valence-corrected chi connectivity index (χ3v) is 5.28. The second-order valence-electron chi connectivity index (χ2n) is 7.42. The molecule has 13 heteroatoms. The van der Waals surface area contributed by atoms with E-state index in [0.717, 1.165) is 0 Å². The number of aliphatic hydroxyl groups is 1. The molecule has 170 valence electrons. The van der Waals surface area contributed by atoms with Gasteiger partial charge in [0.15, 0.2) is 23.2 Å². The molecule has 33 heavy (non-hydrogen) atoms. The van der Waals surface area contributed by atoms with Gasteiger partial charge in [0.1, 0.15) is 17.9 Å². The maximum Gasteiger partial charge on any atom is 0.256 e. The maximum absolute atomic E-state index is 12.0. The average Bonchev–Trinajstić information content (AvgIpc) is 3.57. The Balaban J connectivity index is 1.56. The Morgan fingerprint density at radius 3 is 2.91 bits per heavy atom. The standard InChI is InChI=1S/C20H22N10O3/c1-3-22-16-15-17(29(10-24-15)19-13(31)8-14(33-19)18(32)21-2)26-20(25-16)30-9-12(27-28-30)11-6-4-5-7-23-11/h4-7,9-10,13-14,19,31H,3,8H2,1-2H3,(H,21,32)(H,22,25,26)/t13-,14+,19?/m1/s1. The number of anilines is 1. The third-order valence-electron chi connectivity index (χ3n) is 5.28. The zero-order chi connectivity index (χ0) is 22.9. The van der Waals surface area contributed by atoms with Gasteiger partial charge in [0.05, 0.1) is 18.2 Å². The number of nitrogens with one attached hydrogen (secondary N) is 2. The molecule has 1 amide bonds. The summed E-state index contributed by atoms with van der Waals surface area (Å²) in [7, 11) is 1.53. The molecule has 5 heterocycles. The van der Waals surface area contributed by atoms with E-state index in [1.165, 1.54) is 18.1 Å². The summed E-state index contributed by atoms with van der Waals surface area (Å²) in [5, 5.41) is 24.6. The van der Waals surface area contributed by atoms with Gasteiger partial charge in [0.25, 0.3) is 5.95 Å². The summed E-state index contributed by atoms with van der Waals surface area (Å²) < 4.78 is 8.87. The number of rotatable bonds is 6. The molecule has 3 atom stereocenters. The topological polar surface area (TPSA) is 158 Å². The van der Waals surface area contributed by atoms with Crippen LogP contribution < -0.4 is 10.6 Å². The van der Waals surface area contributed by atoms with E-state index in [2.05, 4.69) is 40.9 Å². The Hall–Kier alpha value is -3.97. The van der Waals surface area contributed by atoms with Gasteiger partial charge in [-0.2, -0.15) is 14.6 Å². The smallest absolute Gasteiger partial charge is 0.256 e. The molecule has 4 aromatic rings. The van der Waals surface area contributed by atoms with Crippen LogP contribution in [0.15, 0.2) is 36.9 Å². The highest BCUT2D eigenvalue weighted by molar-refractivity contribution is 5.84. The van der Waals surface area contributed by atoms with Crippen molar-refractivity contribution in [1.82, 2.24) is 44.8 Å². The molecule has 0 radical (unpaired) electrons. The Morgan fingerprint density at radius 2 is 2.15 bits per heavy atom. The van der Waals surface area contributed by atoms with Gasteiger partial charge in [0, 0.05) is 26.2 Å². The molecule has 1 aliphatic heterocycles. The van der Waals surface area contributed by atoms with E-state index in [1.807, 2.05) is 25.1 Å². The van der Waals surface area contributed by atoms with E-state index in [9.17, 15) is 9.90 Å². The maximum atomic E-state index is 12.0. The number of hydrogen-bond donors (Lipinski definition) is 3. The molecule has 4 aromatic heterocycles. The summed E-state index contributed by atoms with van der Waals surface area (Å²) in [4.78, 5) is 29.9. The molecule has 1 fully saturated rings. The number of aliphatic hydroxyl groups excluding tert-OH is 1.